The average molecular weight is 665 g/mol. The number of aromatic hydroxyl groups is 2. The number of thiazole rings is 1. The standard InChI is InChI=1S/C24H24N8O11S2/c1-24(2,21(38)39)43-29-17(14-9-44-22(25)27-14)19(36)26-13-8-32(20(13)37)23(40)30-45(41,42)31-28-18(35)11-4-3-10-6-15(33)16(34)7-12(10)5-11/h3-7,9,13,31,33-34H,8H2,1-2H3,(H2,25,27)(H,26,36)(H,28,35)(H,30,40)(H,38,39)/t13-/m0/s1. The second-order valence-electron chi connectivity index (χ2n) is 9.76. The number of urea groups is 1. The molecule has 1 saturated heterocycles. The van der Waals surface area contributed by atoms with Crippen LogP contribution in [0.2, 0.25) is 0 Å². The fourth-order valence-electron chi connectivity index (χ4n) is 3.54. The van der Waals surface area contributed by atoms with Gasteiger partial charge in [0.1, 0.15) is 11.7 Å². The number of amides is 5. The number of imide groups is 1. The predicted octanol–water partition coefficient (Wildman–Crippen LogP) is -0.910. The summed E-state index contributed by atoms with van der Waals surface area (Å²) in [6.07, 6.45) is 0. The second kappa shape index (κ2) is 12.2. The van der Waals surface area contributed by atoms with Crippen LogP contribution in [0.25, 0.3) is 10.8 Å². The number of aliphatic carboxylic acids is 1. The molecule has 5 amide bonds. The maximum absolute atomic E-state index is 12.9. The van der Waals surface area contributed by atoms with E-state index in [9.17, 15) is 47.7 Å². The predicted molar refractivity (Wildman–Crippen MR) is 155 cm³/mol. The van der Waals surface area contributed by atoms with Crippen LogP contribution in [0.3, 0.4) is 0 Å². The first-order valence-corrected chi connectivity index (χ1v) is 14.8. The number of phenols is 2. The lowest BCUT2D eigenvalue weighted by atomic mass is 10.1. The molecule has 9 N–H and O–H groups in total. The summed E-state index contributed by atoms with van der Waals surface area (Å²) in [5.41, 5.74) is 4.99. The number of nitrogens with two attached hydrogens (primary N) is 1. The van der Waals surface area contributed by atoms with Crippen LogP contribution >= 0.6 is 11.3 Å². The van der Waals surface area contributed by atoms with Crippen LogP contribution in [-0.2, 0) is 29.4 Å². The second-order valence-corrected chi connectivity index (χ2v) is 12.1. The van der Waals surface area contributed by atoms with E-state index in [-0.39, 0.29) is 22.1 Å². The van der Waals surface area contributed by atoms with Crippen LogP contribution in [0.15, 0.2) is 40.9 Å². The van der Waals surface area contributed by atoms with Gasteiger partial charge >= 0.3 is 22.2 Å². The molecule has 0 bridgehead atoms. The van der Waals surface area contributed by atoms with E-state index in [1.165, 1.54) is 54.3 Å². The first-order chi connectivity index (χ1) is 21.0. The zero-order valence-corrected chi connectivity index (χ0v) is 24.7. The molecule has 0 spiro atoms. The van der Waals surface area contributed by atoms with E-state index >= 15 is 0 Å². The first kappa shape index (κ1) is 32.4. The Labute approximate surface area is 256 Å². The number of likely N-dealkylation sites (tertiary alicyclic amines) is 1. The first-order valence-electron chi connectivity index (χ1n) is 12.4. The average Bonchev–Trinajstić information content (AvgIpc) is 3.39. The number of β-lactam (4-membered cyclic amide) rings is 1. The fraction of sp³-hybridized carbons (Fsp3) is 0.208. The number of benzene rings is 2. The number of nitrogens with one attached hydrogen (secondary N) is 4. The van der Waals surface area contributed by atoms with Gasteiger partial charge in [0, 0.05) is 10.9 Å². The van der Waals surface area contributed by atoms with Crippen molar-refractivity contribution in [1.82, 2.24) is 30.2 Å². The van der Waals surface area contributed by atoms with E-state index in [1.807, 2.05) is 5.43 Å². The topological polar surface area (TPSA) is 292 Å². The van der Waals surface area contributed by atoms with Crippen molar-refractivity contribution < 1.29 is 52.5 Å². The molecule has 45 heavy (non-hydrogen) atoms. The van der Waals surface area contributed by atoms with Gasteiger partial charge in [-0.3, -0.25) is 24.7 Å². The van der Waals surface area contributed by atoms with Gasteiger partial charge < -0.3 is 31.2 Å². The SMILES string of the molecule is CC(C)(ON=C(C(=O)N[C@H]1CN(C(=O)NS(=O)(=O)NNC(=O)c2ccc3cc(O)c(O)cc3c2)C1=O)c1csc(N)n1)C(=O)O. The number of carbonyl (C=O) groups is 5. The monoisotopic (exact) mass is 664 g/mol. The van der Waals surface area contributed by atoms with Gasteiger partial charge in [-0.25, -0.2) is 19.3 Å². The summed E-state index contributed by atoms with van der Waals surface area (Å²) in [6.45, 7) is 1.88. The number of hydrogen-bond acceptors (Lipinski definition) is 14. The van der Waals surface area contributed by atoms with Gasteiger partial charge in [-0.15, -0.1) is 16.2 Å². The zero-order valence-electron chi connectivity index (χ0n) is 23.1. The lowest BCUT2D eigenvalue weighted by Gasteiger charge is -2.36. The summed E-state index contributed by atoms with van der Waals surface area (Å²) in [5, 5.41) is 36.5. The summed E-state index contributed by atoms with van der Waals surface area (Å²) in [5.74, 6) is -5.17. The Hall–Kier alpha value is -5.54. The molecular formula is C24H24N8O11S2. The van der Waals surface area contributed by atoms with Gasteiger partial charge in [-0.2, -0.15) is 8.42 Å². The normalized spacial score (nSPS) is 15.2. The molecule has 2 aromatic carbocycles. The molecule has 1 aliphatic rings. The van der Waals surface area contributed by atoms with E-state index < -0.39 is 69.6 Å². The van der Waals surface area contributed by atoms with E-state index in [2.05, 4.69) is 15.5 Å². The van der Waals surface area contributed by atoms with Gasteiger partial charge in [-0.1, -0.05) is 11.2 Å². The van der Waals surface area contributed by atoms with Crippen molar-refractivity contribution in [2.24, 2.45) is 5.16 Å². The minimum Gasteiger partial charge on any atom is -0.504 e. The number of oxime groups is 1. The highest BCUT2D eigenvalue weighted by molar-refractivity contribution is 7.88. The Bertz CT molecular complexity index is 1870. The minimum atomic E-state index is -4.74. The van der Waals surface area contributed by atoms with Crippen LogP contribution in [-0.4, -0.2) is 87.2 Å². The van der Waals surface area contributed by atoms with Gasteiger partial charge in [-0.05, 0) is 48.9 Å². The summed E-state index contributed by atoms with van der Waals surface area (Å²) >= 11 is 0.944. The molecule has 1 fully saturated rings. The lowest BCUT2D eigenvalue weighted by molar-refractivity contribution is -0.161. The van der Waals surface area contributed by atoms with Crippen molar-refractivity contribution in [2.45, 2.75) is 25.5 Å². The number of hydrogen-bond donors (Lipinski definition) is 8. The van der Waals surface area contributed by atoms with Crippen molar-refractivity contribution in [1.29, 1.82) is 0 Å². The number of nitrogens with zero attached hydrogens (tertiary/aromatic N) is 3. The Morgan fingerprint density at radius 3 is 2.40 bits per heavy atom. The molecule has 2 heterocycles. The summed E-state index contributed by atoms with van der Waals surface area (Å²) in [4.78, 5) is 72.6. The minimum absolute atomic E-state index is 0.0432. The van der Waals surface area contributed by atoms with Crippen LogP contribution in [0.5, 0.6) is 11.5 Å². The number of phenolic OH excluding ortho intramolecular Hbond substituents is 2. The Morgan fingerprint density at radius 1 is 1.13 bits per heavy atom. The highest BCUT2D eigenvalue weighted by Gasteiger charge is 2.43. The summed E-state index contributed by atoms with van der Waals surface area (Å²) in [6, 6.07) is 3.81. The molecule has 21 heteroatoms. The Morgan fingerprint density at radius 2 is 1.80 bits per heavy atom. The largest absolute Gasteiger partial charge is 0.504 e. The lowest BCUT2D eigenvalue weighted by Crippen LogP contribution is -2.68. The number of carboxylic acids is 1. The fourth-order valence-corrected chi connectivity index (χ4v) is 4.71. The highest BCUT2D eigenvalue weighted by atomic mass is 32.2. The summed E-state index contributed by atoms with van der Waals surface area (Å²) in [7, 11) is -4.74. The quantitative estimate of drug-likeness (QED) is 0.0564. The van der Waals surface area contributed by atoms with E-state index in [0.717, 1.165) is 11.3 Å². The van der Waals surface area contributed by atoms with Gasteiger partial charge in [0.25, 0.3) is 17.7 Å². The third-order valence-electron chi connectivity index (χ3n) is 6.06. The third kappa shape index (κ3) is 7.34. The molecule has 3 aromatic rings. The van der Waals surface area contributed by atoms with Crippen LogP contribution in [0.4, 0.5) is 9.93 Å². The molecule has 238 valence electrons. The van der Waals surface area contributed by atoms with Gasteiger partial charge in [0.15, 0.2) is 22.3 Å². The van der Waals surface area contributed by atoms with Crippen molar-refractivity contribution in [3.8, 4) is 11.5 Å². The number of hydrazine groups is 1. The maximum Gasteiger partial charge on any atom is 0.350 e. The number of anilines is 1. The van der Waals surface area contributed by atoms with Crippen molar-refractivity contribution in [2.75, 3.05) is 12.3 Å². The number of carbonyl (C=O) groups excluding carboxylic acids is 4. The Balaban J connectivity index is 1.33. The van der Waals surface area contributed by atoms with E-state index in [0.29, 0.717) is 15.7 Å². The van der Waals surface area contributed by atoms with Crippen molar-refractivity contribution in [3.63, 3.8) is 0 Å². The van der Waals surface area contributed by atoms with Crippen molar-refractivity contribution in [3.05, 3.63) is 47.0 Å². The number of carboxylic acid groups (broad SMARTS) is 1. The van der Waals surface area contributed by atoms with Gasteiger partial charge in [0.05, 0.1) is 6.54 Å². The van der Waals surface area contributed by atoms with E-state index in [4.69, 9.17) is 10.6 Å². The number of rotatable bonds is 10. The molecule has 0 unspecified atom stereocenters. The third-order valence-corrected chi connectivity index (χ3v) is 7.54. The number of fused-ring (bicyclic) bond motifs is 1. The van der Waals surface area contributed by atoms with Crippen molar-refractivity contribution >= 4 is 72.9 Å². The Kier molecular flexibility index (Phi) is 8.79. The smallest absolute Gasteiger partial charge is 0.350 e. The van der Waals surface area contributed by atoms with Crippen LogP contribution in [0.1, 0.15) is 29.9 Å². The maximum atomic E-state index is 12.9. The zero-order chi connectivity index (χ0) is 33.3. The molecule has 0 radical (unpaired) electrons. The summed E-state index contributed by atoms with van der Waals surface area (Å²) < 4.78 is 26.2. The van der Waals surface area contributed by atoms with Crippen LogP contribution < -0.4 is 26.0 Å². The number of nitrogen functional groups attached to an aromatic ring is 1. The molecule has 4 rings (SSSR count). The number of aromatic nitrogens is 1. The highest BCUT2D eigenvalue weighted by Crippen LogP contribution is 2.30. The molecule has 1 aliphatic heterocycles. The molecule has 1 atom stereocenters. The molecule has 1 aromatic heterocycles. The molecule has 19 nitrogen and oxygen atoms in total. The van der Waals surface area contributed by atoms with Gasteiger partial charge in [0.2, 0.25) is 5.60 Å². The molecule has 0 saturated carbocycles. The van der Waals surface area contributed by atoms with E-state index in [1.54, 1.807) is 4.83 Å². The molecular weight excluding hydrogens is 640 g/mol. The van der Waals surface area contributed by atoms with Crippen LogP contribution in [0, 0.1) is 0 Å². The molecule has 0 aliphatic carbocycles.